The first-order chi connectivity index (χ1) is 8.70. The van der Waals surface area contributed by atoms with E-state index in [1.165, 1.54) is 0 Å². The van der Waals surface area contributed by atoms with Crippen LogP contribution in [-0.4, -0.2) is 31.3 Å². The fourth-order valence-electron chi connectivity index (χ4n) is 2.08. The Morgan fingerprint density at radius 2 is 2.33 bits per heavy atom. The van der Waals surface area contributed by atoms with Crippen LogP contribution in [0.1, 0.15) is 23.8 Å². The minimum absolute atomic E-state index is 0.0810. The lowest BCUT2D eigenvalue weighted by Gasteiger charge is -2.29. The fourth-order valence-corrected chi connectivity index (χ4v) is 2.71. The van der Waals surface area contributed by atoms with Crippen LogP contribution in [0.25, 0.3) is 17.6 Å². The summed E-state index contributed by atoms with van der Waals surface area (Å²) in [6.45, 7) is 7.32. The number of thiazole rings is 1. The van der Waals surface area contributed by atoms with Gasteiger partial charge in [-0.3, -0.25) is 5.84 Å². The van der Waals surface area contributed by atoms with Crippen LogP contribution >= 0.6 is 11.3 Å². The molecule has 1 atom stereocenters. The quantitative estimate of drug-likeness (QED) is 0.826. The number of nitrogens with two attached hydrogens (primary N) is 1. The third-order valence-electron chi connectivity index (χ3n) is 3.16. The molecule has 3 heterocycles. The Morgan fingerprint density at radius 3 is 3.06 bits per heavy atom. The van der Waals surface area contributed by atoms with Crippen LogP contribution in [0.15, 0.2) is 12.0 Å². The zero-order valence-electron chi connectivity index (χ0n) is 10.1. The molecule has 3 rings (SSSR count). The Bertz CT molecular complexity index is 586. The van der Waals surface area contributed by atoms with Gasteiger partial charge < -0.3 is 4.57 Å². The van der Waals surface area contributed by atoms with Crippen molar-refractivity contribution in [3.05, 3.63) is 22.8 Å². The Kier molecular flexibility index (Phi) is 2.73. The summed E-state index contributed by atoms with van der Waals surface area (Å²) in [4.78, 5) is 4.46. The standard InChI is InChI=1S/C11H14N6S/c1-3-9-13-8(6-18-9)11-15-14-10-7(2)17(12)5-4-16(10)11/h3,6-7H,1,4-5,12H2,2H3/t7-/m0/s1. The summed E-state index contributed by atoms with van der Waals surface area (Å²) in [6.07, 6.45) is 1.74. The number of aromatic nitrogens is 4. The molecule has 0 saturated heterocycles. The number of fused-ring (bicyclic) bond motifs is 1. The van der Waals surface area contributed by atoms with E-state index in [9.17, 15) is 0 Å². The smallest absolute Gasteiger partial charge is 0.183 e. The molecule has 6 nitrogen and oxygen atoms in total. The highest BCUT2D eigenvalue weighted by molar-refractivity contribution is 7.10. The van der Waals surface area contributed by atoms with E-state index in [0.717, 1.165) is 35.4 Å². The molecule has 18 heavy (non-hydrogen) atoms. The van der Waals surface area contributed by atoms with Crippen LogP contribution in [0.3, 0.4) is 0 Å². The number of rotatable bonds is 2. The SMILES string of the molecule is C=Cc1nc(-c2nnc3n2CCN(N)[C@H]3C)cs1. The van der Waals surface area contributed by atoms with Crippen LogP contribution in [0.5, 0.6) is 0 Å². The van der Waals surface area contributed by atoms with Crippen molar-refractivity contribution in [2.24, 2.45) is 5.84 Å². The lowest BCUT2D eigenvalue weighted by molar-refractivity contribution is 0.168. The molecule has 94 valence electrons. The summed E-state index contributed by atoms with van der Waals surface area (Å²) >= 11 is 1.55. The number of hydrogen-bond acceptors (Lipinski definition) is 6. The number of hydrogen-bond donors (Lipinski definition) is 1. The van der Waals surface area contributed by atoms with E-state index in [2.05, 4.69) is 26.3 Å². The van der Waals surface area contributed by atoms with Crippen molar-refractivity contribution in [3.63, 3.8) is 0 Å². The summed E-state index contributed by atoms with van der Waals surface area (Å²) in [5.74, 6) is 7.60. The Hall–Kier alpha value is -1.57. The van der Waals surface area contributed by atoms with Gasteiger partial charge in [-0.2, -0.15) is 0 Å². The van der Waals surface area contributed by atoms with Gasteiger partial charge in [-0.1, -0.05) is 6.58 Å². The van der Waals surface area contributed by atoms with Gasteiger partial charge in [-0.05, 0) is 13.0 Å². The predicted octanol–water partition coefficient (Wildman–Crippen LogP) is 1.29. The van der Waals surface area contributed by atoms with Gasteiger partial charge in [0.1, 0.15) is 10.7 Å². The molecule has 0 spiro atoms. The van der Waals surface area contributed by atoms with Crippen LogP contribution in [0.2, 0.25) is 0 Å². The third kappa shape index (κ3) is 1.67. The molecule has 0 saturated carbocycles. The molecule has 0 radical (unpaired) electrons. The second kappa shape index (κ2) is 4.27. The summed E-state index contributed by atoms with van der Waals surface area (Å²) in [7, 11) is 0. The first-order valence-corrected chi connectivity index (χ1v) is 6.61. The monoisotopic (exact) mass is 262 g/mol. The van der Waals surface area contributed by atoms with Gasteiger partial charge in [0.05, 0.1) is 6.04 Å². The summed E-state index contributed by atoms with van der Waals surface area (Å²) < 4.78 is 2.09. The van der Waals surface area contributed by atoms with Gasteiger partial charge in [-0.25, -0.2) is 9.99 Å². The van der Waals surface area contributed by atoms with Gasteiger partial charge in [0.15, 0.2) is 11.6 Å². The van der Waals surface area contributed by atoms with E-state index in [1.807, 2.05) is 12.3 Å². The largest absolute Gasteiger partial charge is 0.307 e. The molecule has 0 unspecified atom stereocenters. The van der Waals surface area contributed by atoms with Crippen molar-refractivity contribution in [2.45, 2.75) is 19.5 Å². The lowest BCUT2D eigenvalue weighted by Crippen LogP contribution is -2.41. The molecule has 0 fully saturated rings. The van der Waals surface area contributed by atoms with Gasteiger partial charge in [0, 0.05) is 18.5 Å². The molecule has 1 aliphatic heterocycles. The van der Waals surface area contributed by atoms with Crippen LogP contribution in [-0.2, 0) is 6.54 Å². The van der Waals surface area contributed by atoms with Crippen LogP contribution in [0.4, 0.5) is 0 Å². The molecule has 0 amide bonds. The van der Waals surface area contributed by atoms with Crippen molar-refractivity contribution < 1.29 is 0 Å². The highest BCUT2D eigenvalue weighted by Gasteiger charge is 2.27. The molecule has 7 heteroatoms. The average molecular weight is 262 g/mol. The van der Waals surface area contributed by atoms with Gasteiger partial charge >= 0.3 is 0 Å². The third-order valence-corrected chi connectivity index (χ3v) is 4.00. The summed E-state index contributed by atoms with van der Waals surface area (Å²) in [5, 5.41) is 13.1. The zero-order valence-corrected chi connectivity index (χ0v) is 10.9. The van der Waals surface area contributed by atoms with Crippen LogP contribution < -0.4 is 5.84 Å². The van der Waals surface area contributed by atoms with E-state index in [1.54, 1.807) is 22.4 Å². The van der Waals surface area contributed by atoms with E-state index in [-0.39, 0.29) is 6.04 Å². The highest BCUT2D eigenvalue weighted by Crippen LogP contribution is 2.27. The summed E-state index contributed by atoms with van der Waals surface area (Å²) in [5.41, 5.74) is 0.853. The van der Waals surface area contributed by atoms with Gasteiger partial charge in [-0.15, -0.1) is 21.5 Å². The second-order valence-electron chi connectivity index (χ2n) is 4.22. The molecular weight excluding hydrogens is 248 g/mol. The van der Waals surface area contributed by atoms with E-state index < -0.39 is 0 Å². The lowest BCUT2D eigenvalue weighted by atomic mass is 10.2. The molecule has 0 aromatic carbocycles. The van der Waals surface area contributed by atoms with Crippen molar-refractivity contribution in [3.8, 4) is 11.5 Å². The number of nitrogens with zero attached hydrogens (tertiary/aromatic N) is 5. The average Bonchev–Trinajstić information content (AvgIpc) is 2.99. The van der Waals surface area contributed by atoms with Crippen molar-refractivity contribution in [1.82, 2.24) is 24.8 Å². The fraction of sp³-hybridized carbons (Fsp3) is 0.364. The Labute approximate surface area is 109 Å². The molecule has 0 aliphatic carbocycles. The zero-order chi connectivity index (χ0) is 12.7. The second-order valence-corrected chi connectivity index (χ2v) is 5.11. The van der Waals surface area contributed by atoms with E-state index in [0.29, 0.717) is 0 Å². The molecule has 0 bridgehead atoms. The minimum atomic E-state index is 0.0810. The maximum absolute atomic E-state index is 5.89. The first-order valence-electron chi connectivity index (χ1n) is 5.73. The van der Waals surface area contributed by atoms with E-state index in [4.69, 9.17) is 5.84 Å². The molecule has 2 aromatic rings. The maximum atomic E-state index is 5.89. The maximum Gasteiger partial charge on any atom is 0.183 e. The van der Waals surface area contributed by atoms with Gasteiger partial charge in [0.2, 0.25) is 0 Å². The van der Waals surface area contributed by atoms with Gasteiger partial charge in [0.25, 0.3) is 0 Å². The topological polar surface area (TPSA) is 72.9 Å². The highest BCUT2D eigenvalue weighted by atomic mass is 32.1. The minimum Gasteiger partial charge on any atom is -0.307 e. The predicted molar refractivity (Wildman–Crippen MR) is 70.5 cm³/mol. The Balaban J connectivity index is 2.04. The number of hydrazine groups is 1. The van der Waals surface area contributed by atoms with E-state index >= 15 is 0 Å². The first kappa shape index (κ1) is 11.5. The summed E-state index contributed by atoms with van der Waals surface area (Å²) in [6, 6.07) is 0.0810. The van der Waals surface area contributed by atoms with Crippen molar-refractivity contribution >= 4 is 17.4 Å². The molecule has 1 aliphatic rings. The van der Waals surface area contributed by atoms with Crippen LogP contribution in [0, 0.1) is 0 Å². The normalized spacial score (nSPS) is 19.8. The van der Waals surface area contributed by atoms with Crippen molar-refractivity contribution in [1.29, 1.82) is 0 Å². The molecular formula is C11H14N6S. The van der Waals surface area contributed by atoms with Crippen molar-refractivity contribution in [2.75, 3.05) is 6.54 Å². The Morgan fingerprint density at radius 1 is 1.50 bits per heavy atom. The molecule has 2 N–H and O–H groups in total. The molecule has 2 aromatic heterocycles.